The van der Waals surface area contributed by atoms with Gasteiger partial charge < -0.3 is 14.2 Å². The number of carbonyl (C=O) groups is 1. The Labute approximate surface area is 110 Å². The van der Waals surface area contributed by atoms with E-state index in [9.17, 15) is 4.79 Å². The van der Waals surface area contributed by atoms with Crippen LogP contribution in [0, 0.1) is 11.3 Å². The van der Waals surface area contributed by atoms with Gasteiger partial charge in [-0.05, 0) is 19.1 Å². The van der Waals surface area contributed by atoms with Crippen LogP contribution in [-0.2, 0) is 4.74 Å². The maximum Gasteiger partial charge on any atom is 0.339 e. The summed E-state index contributed by atoms with van der Waals surface area (Å²) in [5.74, 6) is 0.0116. The lowest BCUT2D eigenvalue weighted by Crippen LogP contribution is -2.13. The Hall–Kier alpha value is -1.93. The Morgan fingerprint density at radius 1 is 1.39 bits per heavy atom. The fourth-order valence-corrected chi connectivity index (χ4v) is 1.58. The number of carbonyl (C=O) groups excluding carboxylic acids is 1. The molecule has 0 saturated carbocycles. The van der Waals surface area contributed by atoms with Crippen molar-refractivity contribution in [1.82, 2.24) is 0 Å². The predicted molar refractivity (Wildman–Crippen MR) is 65.0 cm³/mol. The van der Waals surface area contributed by atoms with E-state index in [1.807, 2.05) is 0 Å². The van der Waals surface area contributed by atoms with Gasteiger partial charge in [-0.3, -0.25) is 0 Å². The van der Waals surface area contributed by atoms with Crippen molar-refractivity contribution in [3.8, 4) is 17.6 Å². The highest BCUT2D eigenvalue weighted by Gasteiger charge is 2.17. The lowest BCUT2D eigenvalue weighted by Gasteiger charge is -2.12. The highest BCUT2D eigenvalue weighted by Crippen LogP contribution is 2.36. The van der Waals surface area contributed by atoms with Gasteiger partial charge in [0.1, 0.15) is 6.07 Å². The molecule has 6 heteroatoms. The molecule has 0 heterocycles. The van der Waals surface area contributed by atoms with Crippen LogP contribution in [0.3, 0.4) is 0 Å². The summed E-state index contributed by atoms with van der Waals surface area (Å²) in [5, 5.41) is 8.80. The molecule has 18 heavy (non-hydrogen) atoms. The van der Waals surface area contributed by atoms with E-state index in [2.05, 4.69) is 0 Å². The molecule has 0 unspecified atom stereocenters. The largest absolute Gasteiger partial charge is 0.493 e. The minimum atomic E-state index is -0.829. The summed E-state index contributed by atoms with van der Waals surface area (Å²) in [7, 11) is 2.88. The van der Waals surface area contributed by atoms with Crippen LogP contribution in [0.15, 0.2) is 12.1 Å². The van der Waals surface area contributed by atoms with Crippen molar-refractivity contribution in [2.75, 3.05) is 14.2 Å². The molecular formula is C12H12ClNO4. The van der Waals surface area contributed by atoms with Gasteiger partial charge in [0, 0.05) is 0 Å². The molecule has 1 aromatic carbocycles. The smallest absolute Gasteiger partial charge is 0.339 e. The Bertz CT molecular complexity index is 496. The van der Waals surface area contributed by atoms with E-state index >= 15 is 0 Å². The molecule has 5 nitrogen and oxygen atoms in total. The maximum atomic E-state index is 11.7. The van der Waals surface area contributed by atoms with Crippen molar-refractivity contribution in [2.45, 2.75) is 13.0 Å². The van der Waals surface area contributed by atoms with Crippen LogP contribution in [0.1, 0.15) is 17.3 Å². The van der Waals surface area contributed by atoms with E-state index in [1.54, 1.807) is 6.07 Å². The Balaban J connectivity index is 3.08. The molecule has 0 amide bonds. The molecule has 0 radical (unpaired) electrons. The lowest BCUT2D eigenvalue weighted by molar-refractivity contribution is 0.0435. The zero-order valence-corrected chi connectivity index (χ0v) is 10.9. The number of hydrogen-bond acceptors (Lipinski definition) is 5. The van der Waals surface area contributed by atoms with Gasteiger partial charge in [-0.1, -0.05) is 11.6 Å². The number of ether oxygens (including phenoxy) is 3. The number of rotatable bonds is 4. The maximum absolute atomic E-state index is 11.7. The predicted octanol–water partition coefficient (Wildman–Crippen LogP) is 2.43. The van der Waals surface area contributed by atoms with E-state index in [0.717, 1.165) is 0 Å². The summed E-state index contributed by atoms with van der Waals surface area (Å²) < 4.78 is 15.0. The third-order valence-electron chi connectivity index (χ3n) is 2.13. The third kappa shape index (κ3) is 3.05. The monoisotopic (exact) mass is 269 g/mol. The first-order chi connectivity index (χ1) is 8.53. The van der Waals surface area contributed by atoms with Crippen molar-refractivity contribution >= 4 is 17.6 Å². The number of hydrogen-bond donors (Lipinski definition) is 0. The molecule has 1 atom stereocenters. The molecule has 1 rings (SSSR count). The van der Waals surface area contributed by atoms with Crippen molar-refractivity contribution in [1.29, 1.82) is 5.26 Å². The fourth-order valence-electron chi connectivity index (χ4n) is 1.29. The van der Waals surface area contributed by atoms with Crippen LogP contribution in [0.5, 0.6) is 11.5 Å². The van der Waals surface area contributed by atoms with Crippen LogP contribution in [0.25, 0.3) is 0 Å². The number of halogens is 1. The Kier molecular flexibility index (Phi) is 4.81. The quantitative estimate of drug-likeness (QED) is 0.785. The SMILES string of the molecule is COc1cc(C(=O)O[C@@H](C)C#N)cc(Cl)c1OC. The van der Waals surface area contributed by atoms with Gasteiger partial charge in [0.25, 0.3) is 0 Å². The molecule has 0 aromatic heterocycles. The Morgan fingerprint density at radius 2 is 2.06 bits per heavy atom. The normalized spacial score (nSPS) is 11.3. The van der Waals surface area contributed by atoms with Crippen molar-refractivity contribution < 1.29 is 19.0 Å². The van der Waals surface area contributed by atoms with Gasteiger partial charge in [-0.2, -0.15) is 5.26 Å². The summed E-state index contributed by atoms with van der Waals surface area (Å²) in [6, 6.07) is 4.64. The van der Waals surface area contributed by atoms with Crippen molar-refractivity contribution in [3.63, 3.8) is 0 Å². The van der Waals surface area contributed by atoms with Gasteiger partial charge in [-0.25, -0.2) is 4.79 Å². The molecule has 0 saturated heterocycles. The summed E-state index contributed by atoms with van der Waals surface area (Å²) in [6.07, 6.45) is -0.829. The summed E-state index contributed by atoms with van der Waals surface area (Å²) in [4.78, 5) is 11.7. The van der Waals surface area contributed by atoms with Crippen LogP contribution >= 0.6 is 11.6 Å². The van der Waals surface area contributed by atoms with Crippen LogP contribution in [0.4, 0.5) is 0 Å². The van der Waals surface area contributed by atoms with E-state index in [0.29, 0.717) is 11.5 Å². The van der Waals surface area contributed by atoms with E-state index < -0.39 is 12.1 Å². The molecule has 0 N–H and O–H groups in total. The fraction of sp³-hybridized carbons (Fsp3) is 0.333. The number of methoxy groups -OCH3 is 2. The number of benzene rings is 1. The van der Waals surface area contributed by atoms with Gasteiger partial charge in [0.05, 0.1) is 24.8 Å². The Morgan fingerprint density at radius 3 is 2.56 bits per heavy atom. The first-order valence-electron chi connectivity index (χ1n) is 5.05. The lowest BCUT2D eigenvalue weighted by atomic mass is 10.2. The number of nitriles is 1. The molecule has 0 aliphatic heterocycles. The molecule has 0 aliphatic rings. The highest BCUT2D eigenvalue weighted by atomic mass is 35.5. The molecule has 0 fully saturated rings. The van der Waals surface area contributed by atoms with Gasteiger partial charge in [0.2, 0.25) is 0 Å². The van der Waals surface area contributed by atoms with E-state index in [4.69, 9.17) is 31.1 Å². The summed E-state index contributed by atoms with van der Waals surface area (Å²) in [5.41, 5.74) is 0.194. The molecule has 0 aliphatic carbocycles. The van der Waals surface area contributed by atoms with Gasteiger partial charge in [-0.15, -0.1) is 0 Å². The van der Waals surface area contributed by atoms with E-state index in [1.165, 1.54) is 33.3 Å². The summed E-state index contributed by atoms with van der Waals surface area (Å²) in [6.45, 7) is 1.47. The molecule has 0 bridgehead atoms. The second-order valence-corrected chi connectivity index (χ2v) is 3.78. The van der Waals surface area contributed by atoms with Gasteiger partial charge >= 0.3 is 5.97 Å². The zero-order valence-electron chi connectivity index (χ0n) is 10.2. The van der Waals surface area contributed by atoms with Crippen LogP contribution in [0.2, 0.25) is 5.02 Å². The zero-order chi connectivity index (χ0) is 13.7. The molecule has 96 valence electrons. The van der Waals surface area contributed by atoms with Crippen LogP contribution < -0.4 is 9.47 Å². The number of nitrogens with zero attached hydrogens (tertiary/aromatic N) is 1. The average molecular weight is 270 g/mol. The topological polar surface area (TPSA) is 68.5 Å². The van der Waals surface area contributed by atoms with Gasteiger partial charge in [0.15, 0.2) is 17.6 Å². The van der Waals surface area contributed by atoms with Crippen LogP contribution in [-0.4, -0.2) is 26.3 Å². The average Bonchev–Trinajstić information content (AvgIpc) is 2.37. The van der Waals surface area contributed by atoms with Crippen molar-refractivity contribution in [2.24, 2.45) is 0 Å². The third-order valence-corrected chi connectivity index (χ3v) is 2.42. The van der Waals surface area contributed by atoms with E-state index in [-0.39, 0.29) is 10.6 Å². The second kappa shape index (κ2) is 6.12. The highest BCUT2D eigenvalue weighted by molar-refractivity contribution is 6.32. The summed E-state index contributed by atoms with van der Waals surface area (Å²) >= 11 is 5.95. The first kappa shape index (κ1) is 14.1. The minimum absolute atomic E-state index is 0.194. The second-order valence-electron chi connectivity index (χ2n) is 3.37. The molecule has 0 spiro atoms. The number of esters is 1. The molecule has 1 aromatic rings. The van der Waals surface area contributed by atoms with Crippen molar-refractivity contribution in [3.05, 3.63) is 22.7 Å². The molecular weight excluding hydrogens is 258 g/mol. The first-order valence-corrected chi connectivity index (χ1v) is 5.43. The minimum Gasteiger partial charge on any atom is -0.493 e. The standard InChI is InChI=1S/C12H12ClNO4/c1-7(6-14)18-12(15)8-4-9(13)11(17-3)10(5-8)16-2/h4-5,7H,1-3H3/t7-/m0/s1.